The highest BCUT2D eigenvalue weighted by molar-refractivity contribution is 6.30. The van der Waals surface area contributed by atoms with Gasteiger partial charge in [0.1, 0.15) is 0 Å². The molecule has 0 aliphatic rings. The van der Waals surface area contributed by atoms with Crippen molar-refractivity contribution in [3.63, 3.8) is 0 Å². The van der Waals surface area contributed by atoms with Crippen molar-refractivity contribution in [2.75, 3.05) is 0 Å². The van der Waals surface area contributed by atoms with Crippen LogP contribution in [0.5, 0.6) is 0 Å². The fourth-order valence-corrected chi connectivity index (χ4v) is 1.44. The molecule has 0 saturated carbocycles. The van der Waals surface area contributed by atoms with Crippen molar-refractivity contribution in [3.05, 3.63) is 35.4 Å². The Labute approximate surface area is 85.7 Å². The monoisotopic (exact) mass is 206 g/mol. The molecule has 4 nitrogen and oxygen atoms in total. The van der Waals surface area contributed by atoms with Gasteiger partial charge in [0.15, 0.2) is 6.19 Å². The van der Waals surface area contributed by atoms with Crippen molar-refractivity contribution in [3.8, 4) is 6.19 Å². The summed E-state index contributed by atoms with van der Waals surface area (Å²) in [6, 6.07) is 3.61. The van der Waals surface area contributed by atoms with Crippen LogP contribution in [0, 0.1) is 11.5 Å². The van der Waals surface area contributed by atoms with Gasteiger partial charge in [-0.05, 0) is 12.1 Å². The second-order valence-electron chi connectivity index (χ2n) is 2.79. The number of nitrogens with one attached hydrogen (secondary N) is 1. The summed E-state index contributed by atoms with van der Waals surface area (Å²) >= 11 is 5.86. The Bertz CT molecular complexity index is 497. The molecule has 0 aliphatic heterocycles. The number of pyridine rings is 1. The smallest absolute Gasteiger partial charge is 0.176 e. The summed E-state index contributed by atoms with van der Waals surface area (Å²) in [5.41, 5.74) is 1.73. The Hall–Kier alpha value is -1.73. The maximum absolute atomic E-state index is 8.37. The van der Waals surface area contributed by atoms with E-state index in [0.29, 0.717) is 11.6 Å². The van der Waals surface area contributed by atoms with Gasteiger partial charge in [-0.1, -0.05) is 11.6 Å². The van der Waals surface area contributed by atoms with Crippen LogP contribution in [0.3, 0.4) is 0 Å². The molecule has 1 N–H and O–H groups in total. The van der Waals surface area contributed by atoms with Crippen molar-refractivity contribution < 1.29 is 0 Å². The van der Waals surface area contributed by atoms with Crippen molar-refractivity contribution >= 4 is 17.1 Å². The molecule has 0 atom stereocenters. The summed E-state index contributed by atoms with van der Waals surface area (Å²) in [5.74, 6) is 0. The SMILES string of the molecule is N#CNCc1ncn2ccc(Cl)cc12. The van der Waals surface area contributed by atoms with Crippen molar-refractivity contribution in [2.45, 2.75) is 6.54 Å². The first-order valence-electron chi connectivity index (χ1n) is 4.04. The zero-order chi connectivity index (χ0) is 9.97. The maximum Gasteiger partial charge on any atom is 0.176 e. The Morgan fingerprint density at radius 3 is 3.29 bits per heavy atom. The minimum absolute atomic E-state index is 0.424. The van der Waals surface area contributed by atoms with E-state index in [9.17, 15) is 0 Å². The summed E-state index contributed by atoms with van der Waals surface area (Å²) in [5, 5.41) is 11.6. The summed E-state index contributed by atoms with van der Waals surface area (Å²) in [7, 11) is 0. The van der Waals surface area contributed by atoms with Crippen LogP contribution in [-0.2, 0) is 6.54 Å². The largest absolute Gasteiger partial charge is 0.318 e. The van der Waals surface area contributed by atoms with E-state index in [1.54, 1.807) is 12.4 Å². The van der Waals surface area contributed by atoms with E-state index in [-0.39, 0.29) is 0 Å². The molecule has 0 spiro atoms. The van der Waals surface area contributed by atoms with Crippen LogP contribution in [0.4, 0.5) is 0 Å². The molecule has 0 aromatic carbocycles. The van der Waals surface area contributed by atoms with Crippen LogP contribution < -0.4 is 5.32 Å². The third kappa shape index (κ3) is 1.50. The number of halogens is 1. The molecule has 0 bridgehead atoms. The average molecular weight is 207 g/mol. The van der Waals surface area contributed by atoms with Crippen LogP contribution in [0.25, 0.3) is 5.52 Å². The molecule has 5 heteroatoms. The maximum atomic E-state index is 8.37. The fourth-order valence-electron chi connectivity index (χ4n) is 1.28. The number of nitriles is 1. The van der Waals surface area contributed by atoms with Gasteiger partial charge in [0.2, 0.25) is 0 Å². The first kappa shape index (κ1) is 8.85. The zero-order valence-corrected chi connectivity index (χ0v) is 7.99. The van der Waals surface area contributed by atoms with Gasteiger partial charge in [-0.3, -0.25) is 0 Å². The van der Waals surface area contributed by atoms with Crippen LogP contribution >= 0.6 is 11.6 Å². The summed E-state index contributed by atoms with van der Waals surface area (Å²) in [6.07, 6.45) is 5.38. The van der Waals surface area contributed by atoms with Crippen LogP contribution in [0.1, 0.15) is 5.69 Å². The van der Waals surface area contributed by atoms with Gasteiger partial charge in [0, 0.05) is 11.2 Å². The minimum Gasteiger partial charge on any atom is -0.318 e. The van der Waals surface area contributed by atoms with Crippen LogP contribution in [0.2, 0.25) is 5.02 Å². The summed E-state index contributed by atoms with van der Waals surface area (Å²) in [6.45, 7) is 0.424. The number of aromatic nitrogens is 2. The lowest BCUT2D eigenvalue weighted by atomic mass is 10.3. The quantitative estimate of drug-likeness (QED) is 0.599. The third-order valence-corrected chi connectivity index (χ3v) is 2.15. The lowest BCUT2D eigenvalue weighted by Gasteiger charge is -1.97. The molecule has 0 unspecified atom stereocenters. The number of fused-ring (bicyclic) bond motifs is 1. The van der Waals surface area contributed by atoms with Gasteiger partial charge < -0.3 is 9.72 Å². The Morgan fingerprint density at radius 2 is 2.50 bits per heavy atom. The van der Waals surface area contributed by atoms with E-state index in [0.717, 1.165) is 11.2 Å². The Kier molecular flexibility index (Phi) is 2.25. The number of hydrogen-bond acceptors (Lipinski definition) is 3. The van der Waals surface area contributed by atoms with E-state index in [2.05, 4.69) is 10.3 Å². The highest BCUT2D eigenvalue weighted by Gasteiger charge is 2.03. The normalized spacial score (nSPS) is 10.0. The highest BCUT2D eigenvalue weighted by Crippen LogP contribution is 2.15. The van der Waals surface area contributed by atoms with E-state index in [1.165, 1.54) is 0 Å². The molecule has 0 radical (unpaired) electrons. The molecular formula is C9H7ClN4. The van der Waals surface area contributed by atoms with Gasteiger partial charge in [-0.25, -0.2) is 4.98 Å². The standard InChI is InChI=1S/C9H7ClN4/c10-7-1-2-14-6-13-8(4-12-5-11)9(14)3-7/h1-3,6,12H,4H2. The molecule has 2 aromatic rings. The van der Waals surface area contributed by atoms with Crippen molar-refractivity contribution in [2.24, 2.45) is 0 Å². The summed E-state index contributed by atoms with van der Waals surface area (Å²) < 4.78 is 1.86. The number of hydrogen-bond donors (Lipinski definition) is 1. The molecule has 14 heavy (non-hydrogen) atoms. The van der Waals surface area contributed by atoms with E-state index in [1.807, 2.05) is 22.9 Å². The molecule has 2 heterocycles. The number of imidazole rings is 1. The third-order valence-electron chi connectivity index (χ3n) is 1.92. The average Bonchev–Trinajstić information content (AvgIpc) is 2.57. The van der Waals surface area contributed by atoms with Gasteiger partial charge in [-0.2, -0.15) is 5.26 Å². The summed E-state index contributed by atoms with van der Waals surface area (Å²) in [4.78, 5) is 4.16. The first-order chi connectivity index (χ1) is 6.81. The Morgan fingerprint density at radius 1 is 1.64 bits per heavy atom. The molecule has 0 aliphatic carbocycles. The Balaban J connectivity index is 2.46. The number of rotatable bonds is 2. The topological polar surface area (TPSA) is 53.1 Å². The molecule has 0 saturated heterocycles. The van der Waals surface area contributed by atoms with E-state index >= 15 is 0 Å². The predicted molar refractivity (Wildman–Crippen MR) is 52.7 cm³/mol. The zero-order valence-electron chi connectivity index (χ0n) is 7.24. The van der Waals surface area contributed by atoms with Gasteiger partial charge >= 0.3 is 0 Å². The first-order valence-corrected chi connectivity index (χ1v) is 4.42. The van der Waals surface area contributed by atoms with Crippen LogP contribution in [0.15, 0.2) is 24.7 Å². The molecule has 2 rings (SSSR count). The van der Waals surface area contributed by atoms with Crippen molar-refractivity contribution in [1.29, 1.82) is 5.26 Å². The molecule has 0 amide bonds. The number of nitrogens with zero attached hydrogens (tertiary/aromatic N) is 3. The second kappa shape index (κ2) is 3.56. The highest BCUT2D eigenvalue weighted by atomic mass is 35.5. The minimum atomic E-state index is 0.424. The van der Waals surface area contributed by atoms with Crippen molar-refractivity contribution in [1.82, 2.24) is 14.7 Å². The van der Waals surface area contributed by atoms with Crippen LogP contribution in [-0.4, -0.2) is 9.38 Å². The lowest BCUT2D eigenvalue weighted by molar-refractivity contribution is 0.864. The molecular weight excluding hydrogens is 200 g/mol. The molecule has 2 aromatic heterocycles. The molecule has 0 fully saturated rings. The predicted octanol–water partition coefficient (Wildman–Crippen LogP) is 1.56. The van der Waals surface area contributed by atoms with Gasteiger partial charge in [-0.15, -0.1) is 0 Å². The lowest BCUT2D eigenvalue weighted by Crippen LogP contribution is -2.05. The van der Waals surface area contributed by atoms with E-state index < -0.39 is 0 Å². The van der Waals surface area contributed by atoms with E-state index in [4.69, 9.17) is 16.9 Å². The van der Waals surface area contributed by atoms with Gasteiger partial charge in [0.05, 0.1) is 24.1 Å². The fraction of sp³-hybridized carbons (Fsp3) is 0.111. The van der Waals surface area contributed by atoms with Gasteiger partial charge in [0.25, 0.3) is 0 Å². The molecule has 70 valence electrons. The second-order valence-corrected chi connectivity index (χ2v) is 3.23.